The van der Waals surface area contributed by atoms with E-state index in [0.29, 0.717) is 25.5 Å². The molecule has 20 heavy (non-hydrogen) atoms. The molecule has 114 valence electrons. The second-order valence-corrected chi connectivity index (χ2v) is 6.09. The van der Waals surface area contributed by atoms with Gasteiger partial charge >= 0.3 is 0 Å². The molecule has 0 unspecified atom stereocenters. The van der Waals surface area contributed by atoms with Gasteiger partial charge in [0, 0.05) is 40.0 Å². The van der Waals surface area contributed by atoms with Gasteiger partial charge in [-0.3, -0.25) is 0 Å². The van der Waals surface area contributed by atoms with Crippen LogP contribution in [-0.2, 0) is 14.8 Å². The Morgan fingerprint density at radius 3 is 2.65 bits per heavy atom. The molecule has 0 aromatic carbocycles. The van der Waals surface area contributed by atoms with E-state index in [2.05, 4.69) is 15.0 Å². The van der Waals surface area contributed by atoms with Gasteiger partial charge in [0.1, 0.15) is 10.7 Å². The van der Waals surface area contributed by atoms with Gasteiger partial charge in [0.15, 0.2) is 0 Å². The number of aromatic nitrogens is 1. The Kier molecular flexibility index (Phi) is 6.86. The molecule has 0 atom stereocenters. The molecule has 0 saturated heterocycles. The Hall–Kier alpha value is -1.22. The molecule has 0 radical (unpaired) electrons. The number of pyridine rings is 1. The van der Waals surface area contributed by atoms with Crippen molar-refractivity contribution in [2.24, 2.45) is 0 Å². The summed E-state index contributed by atoms with van der Waals surface area (Å²) in [6.07, 6.45) is 1.34. The summed E-state index contributed by atoms with van der Waals surface area (Å²) < 4.78 is 31.5. The first-order valence-corrected chi connectivity index (χ1v) is 7.79. The summed E-state index contributed by atoms with van der Waals surface area (Å²) >= 11 is 0. The van der Waals surface area contributed by atoms with Crippen molar-refractivity contribution in [3.63, 3.8) is 0 Å². The standard InChI is InChI=1S/C12H22N4O3S/c1-13-12-5-4-11(10-14-12)20(17,18)15-6-7-16(2)8-9-19-3/h4-5,10,15H,6-9H2,1-3H3,(H,13,14). The number of nitrogens with zero attached hydrogens (tertiary/aromatic N) is 2. The predicted octanol–water partition coefficient (Wildman–Crippen LogP) is -0.0202. The summed E-state index contributed by atoms with van der Waals surface area (Å²) in [7, 11) is 1.78. The number of nitrogens with one attached hydrogen (secondary N) is 2. The van der Waals surface area contributed by atoms with Crippen LogP contribution in [0.2, 0.25) is 0 Å². The minimum Gasteiger partial charge on any atom is -0.383 e. The second-order valence-electron chi connectivity index (χ2n) is 4.32. The third-order valence-electron chi connectivity index (χ3n) is 2.77. The molecule has 0 spiro atoms. The van der Waals surface area contributed by atoms with Crippen LogP contribution in [0.4, 0.5) is 5.82 Å². The first-order valence-electron chi connectivity index (χ1n) is 6.30. The van der Waals surface area contributed by atoms with Crippen molar-refractivity contribution in [1.82, 2.24) is 14.6 Å². The maximum atomic E-state index is 12.0. The van der Waals surface area contributed by atoms with Crippen LogP contribution in [-0.4, -0.2) is 65.7 Å². The molecular formula is C12H22N4O3S. The Labute approximate surface area is 120 Å². The monoisotopic (exact) mass is 302 g/mol. The SMILES string of the molecule is CNc1ccc(S(=O)(=O)NCCN(C)CCOC)cn1. The molecule has 0 aliphatic rings. The summed E-state index contributed by atoms with van der Waals surface area (Å²) in [5.74, 6) is 0.628. The predicted molar refractivity (Wildman–Crippen MR) is 78.3 cm³/mol. The largest absolute Gasteiger partial charge is 0.383 e. The van der Waals surface area contributed by atoms with E-state index in [4.69, 9.17) is 4.74 Å². The fourth-order valence-corrected chi connectivity index (χ4v) is 2.47. The van der Waals surface area contributed by atoms with E-state index >= 15 is 0 Å². The van der Waals surface area contributed by atoms with E-state index in [-0.39, 0.29) is 4.90 Å². The van der Waals surface area contributed by atoms with Gasteiger partial charge in [0.25, 0.3) is 0 Å². The van der Waals surface area contributed by atoms with Crippen molar-refractivity contribution < 1.29 is 13.2 Å². The van der Waals surface area contributed by atoms with Crippen molar-refractivity contribution in [2.75, 3.05) is 52.8 Å². The maximum Gasteiger partial charge on any atom is 0.242 e. The van der Waals surface area contributed by atoms with Gasteiger partial charge < -0.3 is 15.0 Å². The maximum absolute atomic E-state index is 12.0. The van der Waals surface area contributed by atoms with Gasteiger partial charge in [0.2, 0.25) is 10.0 Å². The number of methoxy groups -OCH3 is 1. The highest BCUT2D eigenvalue weighted by molar-refractivity contribution is 7.89. The van der Waals surface area contributed by atoms with Gasteiger partial charge in [-0.2, -0.15) is 0 Å². The normalized spacial score (nSPS) is 11.8. The molecule has 0 fully saturated rings. The number of rotatable bonds is 9. The van der Waals surface area contributed by atoms with Crippen LogP contribution in [0.25, 0.3) is 0 Å². The van der Waals surface area contributed by atoms with Gasteiger partial charge in [-0.15, -0.1) is 0 Å². The van der Waals surface area contributed by atoms with Crippen LogP contribution in [0, 0.1) is 0 Å². The summed E-state index contributed by atoms with van der Waals surface area (Å²) in [5.41, 5.74) is 0. The van der Waals surface area contributed by atoms with Crippen LogP contribution < -0.4 is 10.0 Å². The molecular weight excluding hydrogens is 280 g/mol. The van der Waals surface area contributed by atoms with Crippen molar-refractivity contribution >= 4 is 15.8 Å². The molecule has 7 nitrogen and oxygen atoms in total. The summed E-state index contributed by atoms with van der Waals surface area (Å²) in [6, 6.07) is 3.15. The second kappa shape index (κ2) is 8.15. The van der Waals surface area contributed by atoms with Gasteiger partial charge in [-0.25, -0.2) is 18.1 Å². The van der Waals surface area contributed by atoms with Crippen LogP contribution >= 0.6 is 0 Å². The van der Waals surface area contributed by atoms with Crippen molar-refractivity contribution in [1.29, 1.82) is 0 Å². The number of sulfonamides is 1. The zero-order chi connectivity index (χ0) is 15.0. The molecule has 0 amide bonds. The molecule has 2 N–H and O–H groups in total. The number of ether oxygens (including phenoxy) is 1. The molecule has 1 rings (SSSR count). The van der Waals surface area contributed by atoms with E-state index in [9.17, 15) is 8.42 Å². The van der Waals surface area contributed by atoms with E-state index in [1.807, 2.05) is 11.9 Å². The highest BCUT2D eigenvalue weighted by Crippen LogP contribution is 2.09. The lowest BCUT2D eigenvalue weighted by atomic mass is 10.5. The molecule has 0 aliphatic carbocycles. The van der Waals surface area contributed by atoms with Gasteiger partial charge in [0.05, 0.1) is 6.61 Å². The Morgan fingerprint density at radius 2 is 2.10 bits per heavy atom. The minimum atomic E-state index is -3.50. The van der Waals surface area contributed by atoms with Crippen LogP contribution in [0.1, 0.15) is 0 Å². The number of anilines is 1. The Balaban J connectivity index is 2.48. The van der Waals surface area contributed by atoms with Gasteiger partial charge in [-0.05, 0) is 19.2 Å². The summed E-state index contributed by atoms with van der Waals surface area (Å²) in [5, 5.41) is 2.84. The molecule has 1 aromatic heterocycles. The highest BCUT2D eigenvalue weighted by Gasteiger charge is 2.14. The van der Waals surface area contributed by atoms with E-state index < -0.39 is 10.0 Å². The summed E-state index contributed by atoms with van der Waals surface area (Å²) in [4.78, 5) is 6.15. The topological polar surface area (TPSA) is 83.6 Å². The van der Waals surface area contributed by atoms with E-state index in [0.717, 1.165) is 6.54 Å². The van der Waals surface area contributed by atoms with Crippen molar-refractivity contribution in [3.8, 4) is 0 Å². The fraction of sp³-hybridized carbons (Fsp3) is 0.583. The third kappa shape index (κ3) is 5.41. The molecule has 0 saturated carbocycles. The van der Waals surface area contributed by atoms with Crippen LogP contribution in [0.3, 0.4) is 0 Å². The third-order valence-corrected chi connectivity index (χ3v) is 4.21. The molecule has 8 heteroatoms. The van der Waals surface area contributed by atoms with E-state index in [1.165, 1.54) is 12.3 Å². The number of hydrogen-bond acceptors (Lipinski definition) is 6. The van der Waals surface area contributed by atoms with Gasteiger partial charge in [-0.1, -0.05) is 0 Å². The average molecular weight is 302 g/mol. The van der Waals surface area contributed by atoms with Crippen molar-refractivity contribution in [3.05, 3.63) is 18.3 Å². The zero-order valence-electron chi connectivity index (χ0n) is 12.1. The first-order chi connectivity index (χ1) is 9.49. The highest BCUT2D eigenvalue weighted by atomic mass is 32.2. The molecule has 1 heterocycles. The quantitative estimate of drug-likeness (QED) is 0.667. The lowest BCUT2D eigenvalue weighted by molar-refractivity contribution is 0.162. The zero-order valence-corrected chi connectivity index (χ0v) is 12.9. The van der Waals surface area contributed by atoms with E-state index in [1.54, 1.807) is 20.2 Å². The molecule has 0 aliphatic heterocycles. The lowest BCUT2D eigenvalue weighted by Crippen LogP contribution is -2.34. The average Bonchev–Trinajstić information content (AvgIpc) is 2.45. The van der Waals surface area contributed by atoms with Crippen LogP contribution in [0.15, 0.2) is 23.2 Å². The number of likely N-dealkylation sites (N-methyl/N-ethyl adjacent to an activating group) is 1. The molecule has 0 bridgehead atoms. The Morgan fingerprint density at radius 1 is 1.35 bits per heavy atom. The smallest absolute Gasteiger partial charge is 0.242 e. The fourth-order valence-electron chi connectivity index (χ4n) is 1.50. The minimum absolute atomic E-state index is 0.163. The molecule has 1 aromatic rings. The number of hydrogen-bond donors (Lipinski definition) is 2. The van der Waals surface area contributed by atoms with Crippen molar-refractivity contribution in [2.45, 2.75) is 4.90 Å². The lowest BCUT2D eigenvalue weighted by Gasteiger charge is -2.16. The Bertz CT molecular complexity index is 490. The van der Waals surface area contributed by atoms with Crippen LogP contribution in [0.5, 0.6) is 0 Å². The first kappa shape index (κ1) is 16.8. The summed E-state index contributed by atoms with van der Waals surface area (Å²) in [6.45, 7) is 2.34.